The van der Waals surface area contributed by atoms with Gasteiger partial charge in [0.15, 0.2) is 0 Å². The maximum absolute atomic E-state index is 10.8. The summed E-state index contributed by atoms with van der Waals surface area (Å²) in [5, 5.41) is 20.9. The molecule has 6 heteroatoms. The molecular weight excluding hydrogens is 222 g/mol. The van der Waals surface area contributed by atoms with Crippen LogP contribution in [0.1, 0.15) is 19.8 Å². The molecule has 2 heterocycles. The van der Waals surface area contributed by atoms with Crippen LogP contribution in [0.25, 0.3) is 0 Å². The zero-order valence-corrected chi connectivity index (χ0v) is 9.67. The minimum absolute atomic E-state index is 0.00829. The Balaban J connectivity index is 2.14. The van der Waals surface area contributed by atoms with Crippen molar-refractivity contribution in [2.75, 3.05) is 18.0 Å². The van der Waals surface area contributed by atoms with Gasteiger partial charge >= 0.3 is 5.69 Å². The summed E-state index contributed by atoms with van der Waals surface area (Å²) >= 11 is 0. The zero-order valence-electron chi connectivity index (χ0n) is 9.67. The Hall–Kier alpha value is -1.69. The third-order valence-corrected chi connectivity index (χ3v) is 2.95. The van der Waals surface area contributed by atoms with Crippen molar-refractivity contribution in [3.8, 4) is 0 Å². The predicted molar refractivity (Wildman–Crippen MR) is 63.0 cm³/mol. The van der Waals surface area contributed by atoms with Gasteiger partial charge in [0.2, 0.25) is 5.82 Å². The van der Waals surface area contributed by atoms with E-state index in [0.717, 1.165) is 6.42 Å². The highest BCUT2D eigenvalue weighted by Gasteiger charge is 2.42. The summed E-state index contributed by atoms with van der Waals surface area (Å²) < 4.78 is 0. The van der Waals surface area contributed by atoms with Crippen molar-refractivity contribution in [3.05, 3.63) is 28.4 Å². The molecule has 1 aromatic heterocycles. The minimum Gasteiger partial charge on any atom is -0.386 e. The molecular formula is C11H15N3O3. The number of nitro groups is 1. The molecule has 1 aromatic rings. The molecule has 0 saturated carbocycles. The van der Waals surface area contributed by atoms with Crippen LogP contribution in [-0.2, 0) is 0 Å². The van der Waals surface area contributed by atoms with Gasteiger partial charge in [0.05, 0.1) is 23.6 Å². The molecule has 0 unspecified atom stereocenters. The highest BCUT2D eigenvalue weighted by Crippen LogP contribution is 2.34. The molecule has 6 nitrogen and oxygen atoms in total. The van der Waals surface area contributed by atoms with Crippen molar-refractivity contribution in [2.45, 2.75) is 25.4 Å². The molecule has 2 rings (SSSR count). The van der Waals surface area contributed by atoms with E-state index < -0.39 is 10.5 Å². The molecule has 17 heavy (non-hydrogen) atoms. The Morgan fingerprint density at radius 3 is 2.94 bits per heavy atom. The second-order valence-electron chi connectivity index (χ2n) is 4.43. The molecule has 92 valence electrons. The number of aliphatic hydroxyl groups is 1. The number of anilines is 1. The van der Waals surface area contributed by atoms with Crippen molar-refractivity contribution in [2.24, 2.45) is 0 Å². The molecule has 1 aliphatic rings. The molecule has 1 N–H and O–H groups in total. The van der Waals surface area contributed by atoms with Crippen LogP contribution >= 0.6 is 0 Å². The maximum Gasteiger partial charge on any atom is 0.311 e. The van der Waals surface area contributed by atoms with Crippen molar-refractivity contribution in [1.29, 1.82) is 0 Å². The second kappa shape index (κ2) is 4.29. The van der Waals surface area contributed by atoms with Crippen molar-refractivity contribution in [1.82, 2.24) is 4.98 Å². The molecule has 0 atom stereocenters. The first-order valence-electron chi connectivity index (χ1n) is 5.62. The lowest BCUT2D eigenvalue weighted by Crippen LogP contribution is -2.62. The van der Waals surface area contributed by atoms with Crippen LogP contribution in [0.15, 0.2) is 18.3 Å². The molecule has 0 aliphatic carbocycles. The quantitative estimate of drug-likeness (QED) is 0.631. The second-order valence-corrected chi connectivity index (χ2v) is 4.43. The Morgan fingerprint density at radius 1 is 1.65 bits per heavy atom. The summed E-state index contributed by atoms with van der Waals surface area (Å²) in [6, 6.07) is 2.97. The van der Waals surface area contributed by atoms with Gasteiger partial charge in [-0.3, -0.25) is 10.1 Å². The number of hydrogen-bond acceptors (Lipinski definition) is 5. The smallest absolute Gasteiger partial charge is 0.311 e. The number of nitrogens with zero attached hydrogens (tertiary/aromatic N) is 3. The maximum atomic E-state index is 10.8. The topological polar surface area (TPSA) is 79.5 Å². The Labute approximate surface area is 99.0 Å². The molecule has 1 fully saturated rings. The highest BCUT2D eigenvalue weighted by molar-refractivity contribution is 5.59. The summed E-state index contributed by atoms with van der Waals surface area (Å²) in [4.78, 5) is 16.1. The number of rotatable bonds is 4. The minimum atomic E-state index is -0.708. The van der Waals surface area contributed by atoms with E-state index in [-0.39, 0.29) is 5.69 Å². The third kappa shape index (κ3) is 2.21. The van der Waals surface area contributed by atoms with Gasteiger partial charge in [-0.1, -0.05) is 13.3 Å². The number of aromatic nitrogens is 1. The first-order chi connectivity index (χ1) is 8.06. The lowest BCUT2D eigenvalue weighted by atomic mass is 9.89. The van der Waals surface area contributed by atoms with Crippen LogP contribution in [0.3, 0.4) is 0 Å². The Bertz CT molecular complexity index is 430. The van der Waals surface area contributed by atoms with E-state index >= 15 is 0 Å². The van der Waals surface area contributed by atoms with Gasteiger partial charge < -0.3 is 10.0 Å². The van der Waals surface area contributed by atoms with Crippen LogP contribution in [0.4, 0.5) is 11.5 Å². The fourth-order valence-corrected chi connectivity index (χ4v) is 2.21. The van der Waals surface area contributed by atoms with Crippen LogP contribution in [0, 0.1) is 10.1 Å². The van der Waals surface area contributed by atoms with Crippen molar-refractivity contribution >= 4 is 11.5 Å². The predicted octanol–water partition coefficient (Wildman–Crippen LogP) is 1.34. The summed E-state index contributed by atoms with van der Waals surface area (Å²) in [6.07, 6.45) is 3.14. The Morgan fingerprint density at radius 2 is 2.35 bits per heavy atom. The molecule has 0 amide bonds. The largest absolute Gasteiger partial charge is 0.386 e. The van der Waals surface area contributed by atoms with Gasteiger partial charge in [0.25, 0.3) is 0 Å². The lowest BCUT2D eigenvalue weighted by Gasteiger charge is -2.46. The van der Waals surface area contributed by atoms with Gasteiger partial charge in [-0.15, -0.1) is 0 Å². The number of hydrogen-bond donors (Lipinski definition) is 1. The molecule has 0 radical (unpaired) electrons. The normalized spacial score (nSPS) is 17.6. The van der Waals surface area contributed by atoms with Gasteiger partial charge in [-0.25, -0.2) is 4.98 Å². The Kier molecular flexibility index (Phi) is 2.97. The van der Waals surface area contributed by atoms with Gasteiger partial charge in [-0.05, 0) is 12.5 Å². The molecule has 0 bridgehead atoms. The van der Waals surface area contributed by atoms with Gasteiger partial charge in [0.1, 0.15) is 0 Å². The van der Waals surface area contributed by atoms with E-state index in [0.29, 0.717) is 25.3 Å². The highest BCUT2D eigenvalue weighted by atomic mass is 16.6. The summed E-state index contributed by atoms with van der Waals surface area (Å²) in [7, 11) is 0. The van der Waals surface area contributed by atoms with Crippen LogP contribution in [-0.4, -0.2) is 33.7 Å². The number of β-amino-alcohol motifs (C(OH)–C–C–N with tert-alkyl or cyclic N) is 1. The monoisotopic (exact) mass is 237 g/mol. The van der Waals surface area contributed by atoms with E-state index in [1.54, 1.807) is 11.0 Å². The van der Waals surface area contributed by atoms with Crippen molar-refractivity contribution < 1.29 is 10.0 Å². The average Bonchev–Trinajstić information content (AvgIpc) is 2.26. The molecule has 1 aliphatic heterocycles. The van der Waals surface area contributed by atoms with Gasteiger partial charge in [0, 0.05) is 12.3 Å². The first kappa shape index (κ1) is 11.8. The number of pyridine rings is 1. The standard InChI is InChI=1S/C11H15N3O3/c1-2-5-11(15)7-13(8-11)10-9(14(16)17)4-3-6-12-10/h3-4,6,15H,2,5,7-8H2,1H3. The summed E-state index contributed by atoms with van der Waals surface area (Å²) in [6.45, 7) is 2.83. The lowest BCUT2D eigenvalue weighted by molar-refractivity contribution is -0.384. The molecule has 0 aromatic carbocycles. The van der Waals surface area contributed by atoms with Gasteiger partial charge in [-0.2, -0.15) is 0 Å². The summed E-state index contributed by atoms with van der Waals surface area (Å²) in [5.41, 5.74) is -0.716. The fraction of sp³-hybridized carbons (Fsp3) is 0.545. The first-order valence-corrected chi connectivity index (χ1v) is 5.62. The van der Waals surface area contributed by atoms with Crippen LogP contribution in [0.2, 0.25) is 0 Å². The SMILES string of the molecule is CCCC1(O)CN(c2ncccc2[N+](=O)[O-])C1. The van der Waals surface area contributed by atoms with Crippen LogP contribution < -0.4 is 4.90 Å². The summed E-state index contributed by atoms with van der Waals surface area (Å²) in [5.74, 6) is 0.346. The third-order valence-electron chi connectivity index (χ3n) is 2.95. The molecule has 1 saturated heterocycles. The van der Waals surface area contributed by atoms with E-state index in [4.69, 9.17) is 0 Å². The van der Waals surface area contributed by atoms with E-state index in [9.17, 15) is 15.2 Å². The molecule has 0 spiro atoms. The van der Waals surface area contributed by atoms with E-state index in [1.807, 2.05) is 6.92 Å². The average molecular weight is 237 g/mol. The van der Waals surface area contributed by atoms with E-state index in [2.05, 4.69) is 4.98 Å². The van der Waals surface area contributed by atoms with Crippen molar-refractivity contribution in [3.63, 3.8) is 0 Å². The van der Waals surface area contributed by atoms with Crippen LogP contribution in [0.5, 0.6) is 0 Å². The zero-order chi connectivity index (χ0) is 12.5. The fourth-order valence-electron chi connectivity index (χ4n) is 2.21. The van der Waals surface area contributed by atoms with E-state index in [1.165, 1.54) is 12.3 Å².